The number of carbonyl (C=O) groups excluding carboxylic acids is 1. The zero-order chi connectivity index (χ0) is 18.5. The topological polar surface area (TPSA) is 92.6 Å². The third-order valence-corrected chi connectivity index (χ3v) is 4.18. The Kier molecular flexibility index (Phi) is 5.47. The van der Waals surface area contributed by atoms with Gasteiger partial charge in [-0.2, -0.15) is 0 Å². The van der Waals surface area contributed by atoms with Crippen LogP contribution in [0.5, 0.6) is 0 Å². The van der Waals surface area contributed by atoms with Crippen LogP contribution in [-0.4, -0.2) is 64.9 Å². The van der Waals surface area contributed by atoms with E-state index >= 15 is 0 Å². The van der Waals surface area contributed by atoms with Gasteiger partial charge in [-0.1, -0.05) is 0 Å². The maximum atomic E-state index is 12.4. The molecule has 138 valence electrons. The Hall–Kier alpha value is -2.94. The summed E-state index contributed by atoms with van der Waals surface area (Å²) in [7, 11) is 3.48. The van der Waals surface area contributed by atoms with Crippen LogP contribution in [0, 0.1) is 0 Å². The number of pyridine rings is 1. The van der Waals surface area contributed by atoms with Gasteiger partial charge in [-0.25, -0.2) is 9.78 Å². The second-order valence-corrected chi connectivity index (χ2v) is 6.16. The molecule has 0 bridgehead atoms. The number of likely N-dealkylation sites (N-methyl/N-ethyl adjacent to an activating group) is 1. The van der Waals surface area contributed by atoms with Crippen molar-refractivity contribution >= 4 is 17.5 Å². The molecular formula is C17H22N6O3. The molecule has 9 nitrogen and oxygen atoms in total. The van der Waals surface area contributed by atoms with E-state index in [9.17, 15) is 9.59 Å². The Balaban J connectivity index is 1.60. The second-order valence-electron chi connectivity index (χ2n) is 6.16. The number of carbonyl (C=O) groups is 1. The summed E-state index contributed by atoms with van der Waals surface area (Å²) in [5.41, 5.74) is 0.478. The van der Waals surface area contributed by atoms with Crippen LogP contribution in [0.1, 0.15) is 0 Å². The SMILES string of the molecule is CN(C[C@H]1CN(C(=O)Nc2cccnc2)CCO1)c1nccn(C)c1=O. The minimum Gasteiger partial charge on any atom is -0.373 e. The smallest absolute Gasteiger partial charge is 0.322 e. The normalized spacial score (nSPS) is 17.0. The fourth-order valence-corrected chi connectivity index (χ4v) is 2.79. The number of morpholine rings is 1. The van der Waals surface area contributed by atoms with Crippen LogP contribution >= 0.6 is 0 Å². The van der Waals surface area contributed by atoms with E-state index in [-0.39, 0.29) is 17.7 Å². The first kappa shape index (κ1) is 17.9. The Morgan fingerprint density at radius 3 is 3.08 bits per heavy atom. The van der Waals surface area contributed by atoms with E-state index in [0.717, 1.165) is 0 Å². The van der Waals surface area contributed by atoms with Crippen LogP contribution < -0.4 is 15.8 Å². The molecule has 1 fully saturated rings. The van der Waals surface area contributed by atoms with Crippen LogP contribution in [0.3, 0.4) is 0 Å². The van der Waals surface area contributed by atoms with E-state index in [1.54, 1.807) is 60.8 Å². The van der Waals surface area contributed by atoms with Crippen molar-refractivity contribution in [1.29, 1.82) is 0 Å². The summed E-state index contributed by atoms with van der Waals surface area (Å²) in [6, 6.07) is 3.36. The molecule has 1 atom stereocenters. The van der Waals surface area contributed by atoms with Gasteiger partial charge in [0, 0.05) is 45.8 Å². The Morgan fingerprint density at radius 1 is 1.46 bits per heavy atom. The molecule has 2 amide bonds. The molecule has 0 aromatic carbocycles. The summed E-state index contributed by atoms with van der Waals surface area (Å²) in [4.78, 5) is 36.2. The fraction of sp³-hybridized carbons (Fsp3) is 0.412. The van der Waals surface area contributed by atoms with Gasteiger partial charge in [-0.05, 0) is 12.1 Å². The van der Waals surface area contributed by atoms with Gasteiger partial charge in [0.15, 0.2) is 5.82 Å². The summed E-state index contributed by atoms with van der Waals surface area (Å²) >= 11 is 0. The van der Waals surface area contributed by atoms with Crippen LogP contribution in [0.4, 0.5) is 16.3 Å². The largest absolute Gasteiger partial charge is 0.373 e. The lowest BCUT2D eigenvalue weighted by Gasteiger charge is -2.34. The predicted molar refractivity (Wildman–Crippen MR) is 97.3 cm³/mol. The Morgan fingerprint density at radius 2 is 2.31 bits per heavy atom. The maximum Gasteiger partial charge on any atom is 0.322 e. The minimum absolute atomic E-state index is 0.169. The monoisotopic (exact) mass is 358 g/mol. The van der Waals surface area contributed by atoms with Gasteiger partial charge in [-0.3, -0.25) is 9.78 Å². The van der Waals surface area contributed by atoms with Gasteiger partial charge in [0.05, 0.1) is 31.1 Å². The molecule has 0 spiro atoms. The number of hydrogen-bond donors (Lipinski definition) is 1. The number of aryl methyl sites for hydroxylation is 1. The van der Waals surface area contributed by atoms with E-state index in [1.807, 2.05) is 0 Å². The first-order valence-electron chi connectivity index (χ1n) is 8.35. The van der Waals surface area contributed by atoms with Crippen LogP contribution in [0.15, 0.2) is 41.7 Å². The molecule has 3 heterocycles. The van der Waals surface area contributed by atoms with Crippen molar-refractivity contribution in [2.75, 3.05) is 43.5 Å². The first-order valence-corrected chi connectivity index (χ1v) is 8.35. The lowest BCUT2D eigenvalue weighted by molar-refractivity contribution is -0.00715. The number of amides is 2. The van der Waals surface area contributed by atoms with Crippen molar-refractivity contribution in [2.24, 2.45) is 7.05 Å². The van der Waals surface area contributed by atoms with Crippen LogP contribution in [0.2, 0.25) is 0 Å². The lowest BCUT2D eigenvalue weighted by Crippen LogP contribution is -2.51. The molecule has 0 saturated carbocycles. The predicted octanol–water partition coefficient (Wildman–Crippen LogP) is 0.544. The highest BCUT2D eigenvalue weighted by atomic mass is 16.5. The van der Waals surface area contributed by atoms with Gasteiger partial charge in [0.2, 0.25) is 0 Å². The Bertz CT molecular complexity index is 810. The third-order valence-electron chi connectivity index (χ3n) is 4.18. The highest BCUT2D eigenvalue weighted by molar-refractivity contribution is 5.89. The molecule has 2 aromatic heterocycles. The van der Waals surface area contributed by atoms with Crippen molar-refractivity contribution < 1.29 is 9.53 Å². The molecule has 1 aliphatic heterocycles. The second kappa shape index (κ2) is 7.96. The Labute approximate surface area is 151 Å². The third kappa shape index (κ3) is 4.17. The van der Waals surface area contributed by atoms with Gasteiger partial charge < -0.3 is 24.4 Å². The maximum absolute atomic E-state index is 12.4. The zero-order valence-electron chi connectivity index (χ0n) is 14.8. The van der Waals surface area contributed by atoms with Gasteiger partial charge in [0.25, 0.3) is 5.56 Å². The molecule has 1 N–H and O–H groups in total. The number of nitrogens with one attached hydrogen (secondary N) is 1. The van der Waals surface area contributed by atoms with E-state index in [0.29, 0.717) is 37.7 Å². The molecule has 0 aliphatic carbocycles. The molecule has 3 rings (SSSR count). The molecule has 26 heavy (non-hydrogen) atoms. The molecular weight excluding hydrogens is 336 g/mol. The molecule has 1 saturated heterocycles. The van der Waals surface area contributed by atoms with Crippen molar-refractivity contribution in [3.8, 4) is 0 Å². The average Bonchev–Trinajstić information content (AvgIpc) is 2.65. The van der Waals surface area contributed by atoms with E-state index in [2.05, 4.69) is 15.3 Å². The first-order chi connectivity index (χ1) is 12.5. The standard InChI is InChI=1S/C17H22N6O3/c1-21-7-6-19-15(16(21)24)22(2)11-14-12-23(8-9-26-14)17(25)20-13-4-3-5-18-10-13/h3-7,10,14H,8-9,11-12H2,1-2H3,(H,20,25)/t14-/m0/s1. The van der Waals surface area contributed by atoms with Gasteiger partial charge >= 0.3 is 6.03 Å². The summed E-state index contributed by atoms with van der Waals surface area (Å²) in [6.45, 7) is 1.85. The molecule has 0 unspecified atom stereocenters. The number of ether oxygens (including phenoxy) is 1. The summed E-state index contributed by atoms with van der Waals surface area (Å²) in [5, 5.41) is 2.82. The molecule has 1 aliphatic rings. The number of aromatic nitrogens is 3. The molecule has 9 heteroatoms. The number of rotatable bonds is 4. The van der Waals surface area contributed by atoms with E-state index in [4.69, 9.17) is 4.74 Å². The van der Waals surface area contributed by atoms with Crippen molar-refractivity contribution in [1.82, 2.24) is 19.4 Å². The number of nitrogens with zero attached hydrogens (tertiary/aromatic N) is 5. The molecule has 0 radical (unpaired) electrons. The fourth-order valence-electron chi connectivity index (χ4n) is 2.79. The van der Waals surface area contributed by atoms with Crippen LogP contribution in [0.25, 0.3) is 0 Å². The average molecular weight is 358 g/mol. The van der Waals surface area contributed by atoms with Crippen LogP contribution in [-0.2, 0) is 11.8 Å². The van der Waals surface area contributed by atoms with Gasteiger partial charge in [0.1, 0.15) is 0 Å². The number of urea groups is 1. The summed E-state index contributed by atoms with van der Waals surface area (Å²) in [5.74, 6) is 0.357. The minimum atomic E-state index is -0.208. The highest BCUT2D eigenvalue weighted by Gasteiger charge is 2.26. The lowest BCUT2D eigenvalue weighted by atomic mass is 10.2. The van der Waals surface area contributed by atoms with Gasteiger partial charge in [-0.15, -0.1) is 0 Å². The zero-order valence-corrected chi connectivity index (χ0v) is 14.8. The summed E-state index contributed by atoms with van der Waals surface area (Å²) in [6.07, 6.45) is 6.24. The highest BCUT2D eigenvalue weighted by Crippen LogP contribution is 2.11. The van der Waals surface area contributed by atoms with Crippen molar-refractivity contribution in [2.45, 2.75) is 6.10 Å². The summed E-state index contributed by atoms with van der Waals surface area (Å²) < 4.78 is 7.24. The number of hydrogen-bond acceptors (Lipinski definition) is 6. The van der Waals surface area contributed by atoms with E-state index < -0.39 is 0 Å². The van der Waals surface area contributed by atoms with E-state index in [1.165, 1.54) is 4.57 Å². The van der Waals surface area contributed by atoms with Crippen molar-refractivity contribution in [3.63, 3.8) is 0 Å². The quantitative estimate of drug-likeness (QED) is 0.858. The number of anilines is 2. The molecule has 2 aromatic rings. The van der Waals surface area contributed by atoms with Crippen molar-refractivity contribution in [3.05, 3.63) is 47.3 Å².